The first-order chi connectivity index (χ1) is 14.5. The Morgan fingerprint density at radius 2 is 0.833 bits per heavy atom. The Bertz CT molecular complexity index is 1270. The van der Waals surface area contributed by atoms with Crippen LogP contribution in [0.25, 0.3) is 43.8 Å². The predicted octanol–water partition coefficient (Wildman–Crippen LogP) is 8.62. The molecule has 0 spiro atoms. The maximum Gasteiger partial charge on any atom is -0.0131 e. The van der Waals surface area contributed by atoms with Gasteiger partial charge in [-0.25, -0.2) is 0 Å². The van der Waals surface area contributed by atoms with E-state index in [-0.39, 0.29) is 5.41 Å². The summed E-state index contributed by atoms with van der Waals surface area (Å²) in [5.74, 6) is 0. The number of hydrogen-bond donors (Lipinski definition) is 0. The van der Waals surface area contributed by atoms with Crippen molar-refractivity contribution in [2.24, 2.45) is 0 Å². The van der Waals surface area contributed by atoms with Crippen molar-refractivity contribution in [3.8, 4) is 22.3 Å². The van der Waals surface area contributed by atoms with Crippen LogP contribution < -0.4 is 0 Å². The van der Waals surface area contributed by atoms with Gasteiger partial charge in [0.05, 0.1) is 0 Å². The molecule has 0 radical (unpaired) electrons. The molecule has 0 N–H and O–H groups in total. The average Bonchev–Trinajstić information content (AvgIpc) is 2.77. The van der Waals surface area contributed by atoms with Crippen LogP contribution in [-0.2, 0) is 5.41 Å². The Hall–Kier alpha value is -3.38. The molecule has 0 unspecified atom stereocenters. The summed E-state index contributed by atoms with van der Waals surface area (Å²) in [7, 11) is 0. The van der Waals surface area contributed by atoms with Crippen molar-refractivity contribution < 1.29 is 0 Å². The molecule has 0 bridgehead atoms. The zero-order valence-electron chi connectivity index (χ0n) is 17.8. The van der Waals surface area contributed by atoms with E-state index in [2.05, 4.69) is 124 Å². The van der Waals surface area contributed by atoms with Crippen LogP contribution in [0, 0.1) is 0 Å². The molecule has 30 heavy (non-hydrogen) atoms. The van der Waals surface area contributed by atoms with E-state index < -0.39 is 0 Å². The van der Waals surface area contributed by atoms with Crippen LogP contribution in [0.5, 0.6) is 0 Å². The quantitative estimate of drug-likeness (QED) is 0.285. The highest BCUT2D eigenvalue weighted by Gasteiger charge is 2.17. The van der Waals surface area contributed by atoms with Crippen LogP contribution in [0.4, 0.5) is 0 Å². The van der Waals surface area contributed by atoms with E-state index >= 15 is 0 Å². The highest BCUT2D eigenvalue weighted by molar-refractivity contribution is 5.90. The lowest BCUT2D eigenvalue weighted by atomic mass is 9.83. The van der Waals surface area contributed by atoms with Crippen molar-refractivity contribution in [3.05, 3.63) is 109 Å². The second-order valence-corrected chi connectivity index (χ2v) is 9.17. The first kappa shape index (κ1) is 18.6. The summed E-state index contributed by atoms with van der Waals surface area (Å²) in [5, 5.41) is 5.12. The van der Waals surface area contributed by atoms with Gasteiger partial charge in [-0.05, 0) is 73.0 Å². The Morgan fingerprint density at radius 3 is 1.27 bits per heavy atom. The topological polar surface area (TPSA) is 0 Å². The van der Waals surface area contributed by atoms with Crippen LogP contribution in [0.3, 0.4) is 0 Å². The molecule has 0 aromatic heterocycles. The molecule has 0 amide bonds. The standard InChI is InChI=1S/C30H26/c1-30(2,3)29-19-27(25-14-12-21-8-4-6-10-23(21)16-25)18-28(20-29)26-15-13-22-9-5-7-11-24(22)17-26/h4-20H,1-3H3. The van der Waals surface area contributed by atoms with Gasteiger partial charge in [0.2, 0.25) is 0 Å². The molecule has 0 fully saturated rings. The third kappa shape index (κ3) is 3.50. The van der Waals surface area contributed by atoms with Crippen molar-refractivity contribution >= 4 is 21.5 Å². The van der Waals surface area contributed by atoms with E-state index in [1.165, 1.54) is 49.4 Å². The highest BCUT2D eigenvalue weighted by Crippen LogP contribution is 2.35. The fraction of sp³-hybridized carbons (Fsp3) is 0.133. The van der Waals surface area contributed by atoms with E-state index in [1.54, 1.807) is 0 Å². The number of rotatable bonds is 2. The molecule has 0 saturated heterocycles. The number of benzene rings is 5. The first-order valence-corrected chi connectivity index (χ1v) is 10.6. The lowest BCUT2D eigenvalue weighted by molar-refractivity contribution is 0.591. The van der Waals surface area contributed by atoms with Gasteiger partial charge < -0.3 is 0 Å². The Labute approximate surface area is 178 Å². The molecular formula is C30H26. The summed E-state index contributed by atoms with van der Waals surface area (Å²) in [6.45, 7) is 6.87. The summed E-state index contributed by atoms with van der Waals surface area (Å²) in [6.07, 6.45) is 0. The maximum absolute atomic E-state index is 2.36. The molecule has 0 atom stereocenters. The summed E-state index contributed by atoms with van der Waals surface area (Å²) in [6, 6.07) is 37.7. The minimum absolute atomic E-state index is 0.0818. The van der Waals surface area contributed by atoms with Crippen molar-refractivity contribution in [1.29, 1.82) is 0 Å². The summed E-state index contributed by atoms with van der Waals surface area (Å²) in [5.41, 5.74) is 6.52. The zero-order chi connectivity index (χ0) is 20.7. The Balaban J connectivity index is 1.70. The van der Waals surface area contributed by atoms with Crippen LogP contribution in [-0.4, -0.2) is 0 Å². The number of hydrogen-bond acceptors (Lipinski definition) is 0. The maximum atomic E-state index is 2.36. The van der Waals surface area contributed by atoms with Gasteiger partial charge >= 0.3 is 0 Å². The molecule has 5 rings (SSSR count). The van der Waals surface area contributed by atoms with E-state index in [9.17, 15) is 0 Å². The van der Waals surface area contributed by atoms with Crippen LogP contribution >= 0.6 is 0 Å². The third-order valence-corrected chi connectivity index (χ3v) is 5.96. The normalized spacial score (nSPS) is 11.8. The number of fused-ring (bicyclic) bond motifs is 2. The second kappa shape index (κ2) is 7.15. The van der Waals surface area contributed by atoms with Gasteiger partial charge in [-0.15, -0.1) is 0 Å². The van der Waals surface area contributed by atoms with Crippen molar-refractivity contribution in [3.63, 3.8) is 0 Å². The molecule has 146 valence electrons. The van der Waals surface area contributed by atoms with Gasteiger partial charge in [-0.3, -0.25) is 0 Å². The average molecular weight is 387 g/mol. The minimum Gasteiger partial charge on any atom is -0.0616 e. The predicted molar refractivity (Wildman–Crippen MR) is 131 cm³/mol. The lowest BCUT2D eigenvalue weighted by Crippen LogP contribution is -2.11. The van der Waals surface area contributed by atoms with Gasteiger partial charge in [-0.1, -0.05) is 106 Å². The summed E-state index contributed by atoms with van der Waals surface area (Å²) >= 11 is 0. The van der Waals surface area contributed by atoms with Gasteiger partial charge in [-0.2, -0.15) is 0 Å². The van der Waals surface area contributed by atoms with Crippen LogP contribution in [0.15, 0.2) is 103 Å². The smallest absolute Gasteiger partial charge is 0.0131 e. The van der Waals surface area contributed by atoms with Crippen molar-refractivity contribution in [2.75, 3.05) is 0 Å². The largest absolute Gasteiger partial charge is 0.0616 e. The van der Waals surface area contributed by atoms with Gasteiger partial charge in [0, 0.05) is 0 Å². The molecule has 0 nitrogen and oxygen atoms in total. The van der Waals surface area contributed by atoms with Gasteiger partial charge in [0.25, 0.3) is 0 Å². The molecule has 0 aliphatic rings. The van der Waals surface area contributed by atoms with Gasteiger partial charge in [0.15, 0.2) is 0 Å². The highest BCUT2D eigenvalue weighted by atomic mass is 14.2. The SMILES string of the molecule is CC(C)(C)c1cc(-c2ccc3ccccc3c2)cc(-c2ccc3ccccc3c2)c1. The molecule has 0 aliphatic carbocycles. The zero-order valence-corrected chi connectivity index (χ0v) is 17.8. The lowest BCUT2D eigenvalue weighted by Gasteiger charge is -2.22. The summed E-state index contributed by atoms with van der Waals surface area (Å²) < 4.78 is 0. The van der Waals surface area contributed by atoms with Crippen LogP contribution in [0.2, 0.25) is 0 Å². The van der Waals surface area contributed by atoms with E-state index in [4.69, 9.17) is 0 Å². The third-order valence-electron chi connectivity index (χ3n) is 5.96. The monoisotopic (exact) mass is 386 g/mol. The molecule has 5 aromatic carbocycles. The molecule has 5 aromatic rings. The van der Waals surface area contributed by atoms with Gasteiger partial charge in [0.1, 0.15) is 0 Å². The molecule has 0 heterocycles. The molecule has 0 saturated carbocycles. The summed E-state index contributed by atoms with van der Waals surface area (Å²) in [4.78, 5) is 0. The van der Waals surface area contributed by atoms with E-state index in [0.717, 1.165) is 0 Å². The molecular weight excluding hydrogens is 360 g/mol. The van der Waals surface area contributed by atoms with Crippen molar-refractivity contribution in [1.82, 2.24) is 0 Å². The first-order valence-electron chi connectivity index (χ1n) is 10.6. The molecule has 0 aliphatic heterocycles. The minimum atomic E-state index is 0.0818. The Kier molecular flexibility index (Phi) is 4.44. The van der Waals surface area contributed by atoms with Crippen molar-refractivity contribution in [2.45, 2.75) is 26.2 Å². The second-order valence-electron chi connectivity index (χ2n) is 9.17. The van der Waals surface area contributed by atoms with E-state index in [0.29, 0.717) is 0 Å². The fourth-order valence-electron chi connectivity index (χ4n) is 4.13. The molecule has 0 heteroatoms. The Morgan fingerprint density at radius 1 is 0.400 bits per heavy atom. The van der Waals surface area contributed by atoms with Crippen LogP contribution in [0.1, 0.15) is 26.3 Å². The van der Waals surface area contributed by atoms with E-state index in [1.807, 2.05) is 0 Å². The fourth-order valence-corrected chi connectivity index (χ4v) is 4.13.